The molecule has 0 fully saturated rings. The number of methoxy groups -OCH3 is 1. The van der Waals surface area contributed by atoms with Crippen LogP contribution in [-0.4, -0.2) is 26.4 Å². The Bertz CT molecular complexity index is 970. The number of carbonyl (C=O) groups is 1. The summed E-state index contributed by atoms with van der Waals surface area (Å²) in [7, 11) is 1.63. The van der Waals surface area contributed by atoms with Gasteiger partial charge in [-0.05, 0) is 47.2 Å². The zero-order valence-electron chi connectivity index (χ0n) is 14.2. The molecule has 0 aliphatic carbocycles. The highest BCUT2D eigenvalue weighted by molar-refractivity contribution is 5.92. The zero-order chi connectivity index (χ0) is 17.9. The van der Waals surface area contributed by atoms with Crippen LogP contribution in [0.5, 0.6) is 23.0 Å². The lowest BCUT2D eigenvalue weighted by molar-refractivity contribution is -0.118. The molecule has 6 heteroatoms. The third kappa shape index (κ3) is 3.35. The molecule has 26 heavy (non-hydrogen) atoms. The van der Waals surface area contributed by atoms with E-state index in [0.717, 1.165) is 16.5 Å². The summed E-state index contributed by atoms with van der Waals surface area (Å²) < 4.78 is 21.4. The first-order valence-corrected chi connectivity index (χ1v) is 8.11. The minimum Gasteiger partial charge on any atom is -0.497 e. The maximum Gasteiger partial charge on any atom is 0.262 e. The second-order valence-electron chi connectivity index (χ2n) is 5.78. The van der Waals surface area contributed by atoms with Crippen LogP contribution in [0.2, 0.25) is 0 Å². The summed E-state index contributed by atoms with van der Waals surface area (Å²) in [6.45, 7) is 0.104. The van der Waals surface area contributed by atoms with Crippen molar-refractivity contribution < 1.29 is 23.7 Å². The van der Waals surface area contributed by atoms with E-state index in [0.29, 0.717) is 22.9 Å². The topological polar surface area (TPSA) is 66.0 Å². The van der Waals surface area contributed by atoms with E-state index in [1.54, 1.807) is 25.3 Å². The van der Waals surface area contributed by atoms with Crippen LogP contribution in [0, 0.1) is 0 Å². The number of carbonyl (C=O) groups excluding carboxylic acids is 1. The van der Waals surface area contributed by atoms with E-state index in [1.165, 1.54) is 0 Å². The standard InChI is InChI=1S/C20H17NO5/c1-23-16-5-2-13-3-6-17(9-14(13)8-16)24-11-20(22)21-15-4-7-18-19(10-15)26-12-25-18/h2-10H,11-12H2,1H3,(H,21,22). The van der Waals surface area contributed by atoms with Gasteiger partial charge in [-0.3, -0.25) is 4.79 Å². The van der Waals surface area contributed by atoms with Crippen molar-refractivity contribution in [3.05, 3.63) is 54.6 Å². The first-order valence-electron chi connectivity index (χ1n) is 8.11. The molecule has 0 saturated carbocycles. The summed E-state index contributed by atoms with van der Waals surface area (Å²) in [5, 5.41) is 4.83. The predicted octanol–water partition coefficient (Wildman–Crippen LogP) is 3.59. The lowest BCUT2D eigenvalue weighted by Crippen LogP contribution is -2.20. The van der Waals surface area contributed by atoms with Gasteiger partial charge in [-0.15, -0.1) is 0 Å². The second-order valence-corrected chi connectivity index (χ2v) is 5.78. The summed E-state index contributed by atoms with van der Waals surface area (Å²) in [5.41, 5.74) is 0.631. The van der Waals surface area contributed by atoms with Gasteiger partial charge in [-0.25, -0.2) is 0 Å². The Morgan fingerprint density at radius 3 is 2.58 bits per heavy atom. The van der Waals surface area contributed by atoms with E-state index >= 15 is 0 Å². The first-order chi connectivity index (χ1) is 12.7. The van der Waals surface area contributed by atoms with Crippen LogP contribution < -0.4 is 24.3 Å². The van der Waals surface area contributed by atoms with Crippen molar-refractivity contribution in [1.29, 1.82) is 0 Å². The number of benzene rings is 3. The van der Waals surface area contributed by atoms with Gasteiger partial charge in [-0.1, -0.05) is 12.1 Å². The Labute approximate surface area is 150 Å². The van der Waals surface area contributed by atoms with E-state index in [-0.39, 0.29) is 19.3 Å². The van der Waals surface area contributed by atoms with Gasteiger partial charge in [0.2, 0.25) is 6.79 Å². The Morgan fingerprint density at radius 1 is 0.962 bits per heavy atom. The molecular weight excluding hydrogens is 334 g/mol. The van der Waals surface area contributed by atoms with Gasteiger partial charge < -0.3 is 24.3 Å². The number of hydrogen-bond acceptors (Lipinski definition) is 5. The lowest BCUT2D eigenvalue weighted by atomic mass is 10.1. The number of hydrogen-bond donors (Lipinski definition) is 1. The van der Waals surface area contributed by atoms with E-state index < -0.39 is 0 Å². The Balaban J connectivity index is 1.40. The number of amides is 1. The molecule has 1 aliphatic rings. The number of rotatable bonds is 5. The highest BCUT2D eigenvalue weighted by Crippen LogP contribution is 2.34. The van der Waals surface area contributed by atoms with Gasteiger partial charge in [-0.2, -0.15) is 0 Å². The summed E-state index contributed by atoms with van der Waals surface area (Å²) in [5.74, 6) is 2.43. The summed E-state index contributed by atoms with van der Waals surface area (Å²) >= 11 is 0. The van der Waals surface area contributed by atoms with Crippen LogP contribution in [0.3, 0.4) is 0 Å². The molecule has 3 aromatic rings. The zero-order valence-corrected chi connectivity index (χ0v) is 14.2. The van der Waals surface area contributed by atoms with Gasteiger partial charge in [0.25, 0.3) is 5.91 Å². The van der Waals surface area contributed by atoms with Crippen molar-refractivity contribution in [2.45, 2.75) is 0 Å². The van der Waals surface area contributed by atoms with Gasteiger partial charge in [0.05, 0.1) is 7.11 Å². The minimum atomic E-state index is -0.255. The minimum absolute atomic E-state index is 0.0933. The highest BCUT2D eigenvalue weighted by Gasteiger charge is 2.14. The van der Waals surface area contributed by atoms with Crippen LogP contribution in [-0.2, 0) is 4.79 Å². The molecule has 0 atom stereocenters. The Morgan fingerprint density at radius 2 is 1.73 bits per heavy atom. The molecule has 1 heterocycles. The average molecular weight is 351 g/mol. The smallest absolute Gasteiger partial charge is 0.262 e. The summed E-state index contributed by atoms with van der Waals surface area (Å²) in [6.07, 6.45) is 0. The second kappa shape index (κ2) is 6.84. The quantitative estimate of drug-likeness (QED) is 0.761. The van der Waals surface area contributed by atoms with Crippen LogP contribution in [0.4, 0.5) is 5.69 Å². The molecule has 0 bridgehead atoms. The predicted molar refractivity (Wildman–Crippen MR) is 97.2 cm³/mol. The van der Waals surface area contributed by atoms with E-state index in [2.05, 4.69) is 5.32 Å². The van der Waals surface area contributed by atoms with Crippen molar-refractivity contribution in [3.63, 3.8) is 0 Å². The van der Waals surface area contributed by atoms with Crippen molar-refractivity contribution >= 4 is 22.4 Å². The van der Waals surface area contributed by atoms with Crippen LogP contribution in [0.15, 0.2) is 54.6 Å². The van der Waals surface area contributed by atoms with Crippen LogP contribution in [0.25, 0.3) is 10.8 Å². The molecule has 1 amide bonds. The molecule has 0 spiro atoms. The Kier molecular flexibility index (Phi) is 4.23. The summed E-state index contributed by atoms with van der Waals surface area (Å²) in [4.78, 5) is 12.1. The fourth-order valence-electron chi connectivity index (χ4n) is 2.74. The van der Waals surface area contributed by atoms with Gasteiger partial charge in [0, 0.05) is 11.8 Å². The summed E-state index contributed by atoms with van der Waals surface area (Å²) in [6, 6.07) is 16.7. The van der Waals surface area contributed by atoms with E-state index in [1.807, 2.05) is 36.4 Å². The molecule has 132 valence electrons. The molecule has 1 aliphatic heterocycles. The van der Waals surface area contributed by atoms with Gasteiger partial charge >= 0.3 is 0 Å². The van der Waals surface area contributed by atoms with Crippen LogP contribution in [0.1, 0.15) is 0 Å². The highest BCUT2D eigenvalue weighted by atomic mass is 16.7. The lowest BCUT2D eigenvalue weighted by Gasteiger charge is -2.09. The average Bonchev–Trinajstić information content (AvgIpc) is 3.13. The first kappa shape index (κ1) is 16.1. The van der Waals surface area contributed by atoms with Crippen molar-refractivity contribution in [3.8, 4) is 23.0 Å². The van der Waals surface area contributed by atoms with Gasteiger partial charge in [0.15, 0.2) is 18.1 Å². The van der Waals surface area contributed by atoms with Crippen molar-refractivity contribution in [2.24, 2.45) is 0 Å². The fourth-order valence-corrected chi connectivity index (χ4v) is 2.74. The molecule has 0 unspecified atom stereocenters. The number of anilines is 1. The van der Waals surface area contributed by atoms with Crippen molar-refractivity contribution in [2.75, 3.05) is 25.8 Å². The third-order valence-electron chi connectivity index (χ3n) is 4.05. The van der Waals surface area contributed by atoms with Crippen molar-refractivity contribution in [1.82, 2.24) is 0 Å². The van der Waals surface area contributed by atoms with E-state index in [9.17, 15) is 4.79 Å². The molecule has 1 N–H and O–H groups in total. The van der Waals surface area contributed by atoms with E-state index in [4.69, 9.17) is 18.9 Å². The van der Waals surface area contributed by atoms with Crippen LogP contribution >= 0.6 is 0 Å². The molecule has 3 aromatic carbocycles. The maximum absolute atomic E-state index is 12.1. The number of nitrogens with one attached hydrogen (secondary N) is 1. The SMILES string of the molecule is COc1ccc2ccc(OCC(=O)Nc3ccc4c(c3)OCO4)cc2c1. The number of ether oxygens (including phenoxy) is 4. The molecule has 4 rings (SSSR count). The fraction of sp³-hybridized carbons (Fsp3) is 0.150. The third-order valence-corrected chi connectivity index (χ3v) is 4.05. The largest absolute Gasteiger partial charge is 0.497 e. The number of fused-ring (bicyclic) bond motifs is 2. The molecule has 0 aromatic heterocycles. The Hall–Kier alpha value is -3.41. The van der Waals surface area contributed by atoms with Gasteiger partial charge in [0.1, 0.15) is 11.5 Å². The monoisotopic (exact) mass is 351 g/mol. The molecule has 6 nitrogen and oxygen atoms in total. The molecular formula is C20H17NO5. The normalized spacial score (nSPS) is 12.0. The molecule has 0 saturated heterocycles. The molecule has 0 radical (unpaired) electrons. The maximum atomic E-state index is 12.1.